The Morgan fingerprint density at radius 2 is 1.95 bits per heavy atom. The van der Waals surface area contributed by atoms with Gasteiger partial charge in [-0.15, -0.1) is 0 Å². The molecular weight excluding hydrogens is 365 g/mol. The van der Waals surface area contributed by atoms with Crippen molar-refractivity contribution in [3.8, 4) is 0 Å². The van der Waals surface area contributed by atoms with Crippen LogP contribution in [-0.4, -0.2) is 11.1 Å². The van der Waals surface area contributed by atoms with Gasteiger partial charge in [0.05, 0.1) is 5.92 Å². The van der Waals surface area contributed by atoms with Gasteiger partial charge in [-0.05, 0) is 58.8 Å². The number of carboxylic acid groups (broad SMARTS) is 1. The van der Waals surface area contributed by atoms with Crippen LogP contribution in [0.1, 0.15) is 24.0 Å². The first-order chi connectivity index (χ1) is 9.56. The third-order valence-corrected chi connectivity index (χ3v) is 3.84. The molecule has 0 saturated carbocycles. The second-order valence-corrected chi connectivity index (χ2v) is 5.91. The quantitative estimate of drug-likeness (QED) is 0.768. The zero-order chi connectivity index (χ0) is 14.5. The largest absolute Gasteiger partial charge is 0.481 e. The Balaban J connectivity index is 1.99. The molecule has 0 fully saturated rings. The Hall–Kier alpha value is -1.56. The molecule has 20 heavy (non-hydrogen) atoms. The lowest BCUT2D eigenvalue weighted by Gasteiger charge is -2.09. The molecular formula is C16H16INO2. The summed E-state index contributed by atoms with van der Waals surface area (Å²) in [6.07, 6.45) is 0. The number of hydrogen-bond acceptors (Lipinski definition) is 2. The highest BCUT2D eigenvalue weighted by Crippen LogP contribution is 2.17. The number of hydrogen-bond donors (Lipinski definition) is 2. The molecule has 104 valence electrons. The van der Waals surface area contributed by atoms with Crippen molar-refractivity contribution in [2.45, 2.75) is 19.4 Å². The van der Waals surface area contributed by atoms with E-state index in [4.69, 9.17) is 5.11 Å². The summed E-state index contributed by atoms with van der Waals surface area (Å²) in [5.41, 5.74) is 3.04. The van der Waals surface area contributed by atoms with Gasteiger partial charge in [0.15, 0.2) is 0 Å². The number of anilines is 1. The predicted octanol–water partition coefficient (Wildman–Crippen LogP) is 4.09. The van der Waals surface area contributed by atoms with Crippen molar-refractivity contribution in [2.24, 2.45) is 0 Å². The summed E-state index contributed by atoms with van der Waals surface area (Å²) in [5, 5.41) is 12.3. The van der Waals surface area contributed by atoms with E-state index in [2.05, 4.69) is 34.0 Å². The number of aliphatic carboxylic acids is 1. The van der Waals surface area contributed by atoms with E-state index in [1.54, 1.807) is 6.92 Å². The molecule has 4 heteroatoms. The summed E-state index contributed by atoms with van der Waals surface area (Å²) in [5.74, 6) is -1.26. The molecule has 1 unspecified atom stereocenters. The Bertz CT molecular complexity index is 596. The standard InChI is InChI=1S/C16H16INO2/c1-11(16(19)20)13-7-5-12(6-8-13)10-18-15-4-2-3-14(17)9-15/h2-9,11,18H,10H2,1H3,(H,19,20). The third-order valence-electron chi connectivity index (χ3n) is 3.17. The molecule has 0 saturated heterocycles. The minimum absolute atomic E-state index is 0.465. The van der Waals surface area contributed by atoms with E-state index in [-0.39, 0.29) is 0 Å². The second-order valence-electron chi connectivity index (χ2n) is 4.67. The average molecular weight is 381 g/mol. The maximum absolute atomic E-state index is 10.9. The fourth-order valence-electron chi connectivity index (χ4n) is 1.87. The van der Waals surface area contributed by atoms with E-state index in [0.29, 0.717) is 0 Å². The van der Waals surface area contributed by atoms with Gasteiger partial charge in [0.1, 0.15) is 0 Å². The first kappa shape index (κ1) is 14.8. The number of carboxylic acids is 1. The Morgan fingerprint density at radius 1 is 1.25 bits per heavy atom. The van der Waals surface area contributed by atoms with Gasteiger partial charge in [0, 0.05) is 15.8 Å². The van der Waals surface area contributed by atoms with Gasteiger partial charge < -0.3 is 10.4 Å². The predicted molar refractivity (Wildman–Crippen MR) is 89.0 cm³/mol. The van der Waals surface area contributed by atoms with Crippen molar-refractivity contribution < 1.29 is 9.90 Å². The molecule has 0 heterocycles. The van der Waals surface area contributed by atoms with Crippen LogP contribution in [0.3, 0.4) is 0 Å². The SMILES string of the molecule is CC(C(=O)O)c1ccc(CNc2cccc(I)c2)cc1. The van der Waals surface area contributed by atoms with Crippen molar-refractivity contribution in [1.82, 2.24) is 0 Å². The van der Waals surface area contributed by atoms with Gasteiger partial charge in [-0.2, -0.15) is 0 Å². The van der Waals surface area contributed by atoms with Crippen molar-refractivity contribution in [2.75, 3.05) is 5.32 Å². The summed E-state index contributed by atoms with van der Waals surface area (Å²) < 4.78 is 1.19. The van der Waals surface area contributed by atoms with E-state index in [9.17, 15) is 4.79 Å². The fraction of sp³-hybridized carbons (Fsp3) is 0.188. The fourth-order valence-corrected chi connectivity index (χ4v) is 2.41. The number of nitrogens with one attached hydrogen (secondary N) is 1. The topological polar surface area (TPSA) is 49.3 Å². The van der Waals surface area contributed by atoms with Gasteiger partial charge in [-0.1, -0.05) is 30.3 Å². The Labute approximate surface area is 132 Å². The molecule has 2 aromatic carbocycles. The van der Waals surface area contributed by atoms with Crippen molar-refractivity contribution >= 4 is 34.2 Å². The average Bonchev–Trinajstić information content (AvgIpc) is 2.45. The maximum atomic E-state index is 10.9. The van der Waals surface area contributed by atoms with Crippen LogP contribution in [0.5, 0.6) is 0 Å². The molecule has 0 aromatic heterocycles. The normalized spacial score (nSPS) is 11.9. The number of benzene rings is 2. The number of halogens is 1. The molecule has 0 spiro atoms. The first-order valence-electron chi connectivity index (χ1n) is 6.37. The van der Waals surface area contributed by atoms with Crippen LogP contribution in [-0.2, 0) is 11.3 Å². The number of rotatable bonds is 5. The van der Waals surface area contributed by atoms with Gasteiger partial charge in [-0.25, -0.2) is 0 Å². The van der Waals surface area contributed by atoms with E-state index in [1.807, 2.05) is 42.5 Å². The lowest BCUT2D eigenvalue weighted by atomic mass is 10.00. The summed E-state index contributed by atoms with van der Waals surface area (Å²) in [6, 6.07) is 15.9. The highest BCUT2D eigenvalue weighted by molar-refractivity contribution is 14.1. The molecule has 0 radical (unpaired) electrons. The van der Waals surface area contributed by atoms with Crippen molar-refractivity contribution in [3.63, 3.8) is 0 Å². The summed E-state index contributed by atoms with van der Waals surface area (Å²) >= 11 is 2.28. The Morgan fingerprint density at radius 3 is 2.55 bits per heavy atom. The van der Waals surface area contributed by atoms with E-state index >= 15 is 0 Å². The highest BCUT2D eigenvalue weighted by Gasteiger charge is 2.12. The lowest BCUT2D eigenvalue weighted by Crippen LogP contribution is -2.07. The molecule has 0 amide bonds. The monoisotopic (exact) mass is 381 g/mol. The van der Waals surface area contributed by atoms with Crippen LogP contribution in [0.15, 0.2) is 48.5 Å². The number of carbonyl (C=O) groups is 1. The van der Waals surface area contributed by atoms with Crippen LogP contribution in [0.25, 0.3) is 0 Å². The first-order valence-corrected chi connectivity index (χ1v) is 7.45. The molecule has 0 bridgehead atoms. The van der Waals surface area contributed by atoms with Gasteiger partial charge >= 0.3 is 5.97 Å². The smallest absolute Gasteiger partial charge is 0.310 e. The van der Waals surface area contributed by atoms with Crippen LogP contribution in [0, 0.1) is 3.57 Å². The van der Waals surface area contributed by atoms with Crippen LogP contribution in [0.4, 0.5) is 5.69 Å². The maximum Gasteiger partial charge on any atom is 0.310 e. The summed E-state index contributed by atoms with van der Waals surface area (Å²) in [7, 11) is 0. The molecule has 2 aromatic rings. The Kier molecular flexibility index (Phi) is 5.00. The molecule has 0 aliphatic heterocycles. The molecule has 1 atom stereocenters. The molecule has 0 aliphatic carbocycles. The van der Waals surface area contributed by atoms with Crippen LogP contribution < -0.4 is 5.32 Å². The van der Waals surface area contributed by atoms with Gasteiger partial charge in [0.2, 0.25) is 0 Å². The zero-order valence-corrected chi connectivity index (χ0v) is 13.3. The third kappa shape index (κ3) is 3.96. The van der Waals surface area contributed by atoms with Gasteiger partial charge in [-0.3, -0.25) is 4.79 Å². The lowest BCUT2D eigenvalue weighted by molar-refractivity contribution is -0.138. The summed E-state index contributed by atoms with van der Waals surface area (Å²) in [4.78, 5) is 10.9. The van der Waals surface area contributed by atoms with Crippen LogP contribution >= 0.6 is 22.6 Å². The van der Waals surface area contributed by atoms with Crippen molar-refractivity contribution in [1.29, 1.82) is 0 Å². The van der Waals surface area contributed by atoms with Gasteiger partial charge in [0.25, 0.3) is 0 Å². The molecule has 2 rings (SSSR count). The highest BCUT2D eigenvalue weighted by atomic mass is 127. The minimum atomic E-state index is -0.797. The molecule has 0 aliphatic rings. The van der Waals surface area contributed by atoms with Crippen LogP contribution in [0.2, 0.25) is 0 Å². The molecule has 2 N–H and O–H groups in total. The van der Waals surface area contributed by atoms with Crippen molar-refractivity contribution in [3.05, 3.63) is 63.2 Å². The van der Waals surface area contributed by atoms with E-state index in [0.717, 1.165) is 23.4 Å². The minimum Gasteiger partial charge on any atom is -0.481 e. The van der Waals surface area contributed by atoms with E-state index < -0.39 is 11.9 Å². The second kappa shape index (κ2) is 6.74. The summed E-state index contributed by atoms with van der Waals surface area (Å²) in [6.45, 7) is 2.42. The van der Waals surface area contributed by atoms with E-state index in [1.165, 1.54) is 3.57 Å². The molecule has 3 nitrogen and oxygen atoms in total. The zero-order valence-electron chi connectivity index (χ0n) is 11.1.